The first kappa shape index (κ1) is 25.7. The van der Waals surface area contributed by atoms with Crippen molar-refractivity contribution in [1.29, 1.82) is 5.41 Å². The molecule has 2 aliphatic heterocycles. The minimum Gasteiger partial charge on any atom is -0.486 e. The van der Waals surface area contributed by atoms with E-state index in [1.165, 1.54) is 12.4 Å². The normalized spacial score (nSPS) is 18.7. The number of aromatic nitrogens is 3. The van der Waals surface area contributed by atoms with Crippen molar-refractivity contribution in [3.05, 3.63) is 69.7 Å². The van der Waals surface area contributed by atoms with Crippen LogP contribution in [0.15, 0.2) is 43.0 Å². The molecule has 2 aromatic heterocycles. The first-order chi connectivity index (χ1) is 17.6. The highest BCUT2D eigenvalue weighted by atomic mass is 35.5. The van der Waals surface area contributed by atoms with Crippen LogP contribution in [0.25, 0.3) is 0 Å². The molecule has 194 valence electrons. The van der Waals surface area contributed by atoms with E-state index in [0.717, 1.165) is 6.42 Å². The predicted molar refractivity (Wildman–Crippen MR) is 145 cm³/mol. The minimum absolute atomic E-state index is 0.153. The number of halogens is 2. The highest BCUT2D eigenvalue weighted by Crippen LogP contribution is 2.41. The average molecular weight is 561 g/mol. The molecule has 2 aliphatic rings. The zero-order valence-electron chi connectivity index (χ0n) is 20.1. The van der Waals surface area contributed by atoms with Gasteiger partial charge in [-0.25, -0.2) is 18.4 Å². The maximum Gasteiger partial charge on any atom is 0.225 e. The summed E-state index contributed by atoms with van der Waals surface area (Å²) in [4.78, 5) is 14.8. The standard InChI is InChI=1S/C25H26Cl2N6O3S/c1-15(22-19(26)10-30-11-20(22)27)36-17-3-4-21(28)18(7-17)23(29)16-8-31-24(32-9-16)33-12-25(13-33)5-2-6-37(34,35)14-25/h3-4,7-11,15,29H,2,5-6,12-14,28H2,1H3/t15-/m1/s1. The van der Waals surface area contributed by atoms with Crippen LogP contribution in [0.2, 0.25) is 10.0 Å². The molecule has 2 saturated heterocycles. The number of pyridine rings is 1. The lowest BCUT2D eigenvalue weighted by Crippen LogP contribution is -2.61. The number of hydrogen-bond donors (Lipinski definition) is 2. The Hall–Kier alpha value is -2.95. The molecule has 0 bridgehead atoms. The van der Waals surface area contributed by atoms with Crippen molar-refractivity contribution in [2.75, 3.05) is 35.2 Å². The van der Waals surface area contributed by atoms with Gasteiger partial charge in [-0.15, -0.1) is 0 Å². The van der Waals surface area contributed by atoms with Crippen molar-refractivity contribution < 1.29 is 13.2 Å². The Labute approximate surface area is 225 Å². The molecular formula is C25H26Cl2N6O3S. The summed E-state index contributed by atoms with van der Waals surface area (Å²) < 4.78 is 30.2. The summed E-state index contributed by atoms with van der Waals surface area (Å²) in [5, 5.41) is 9.52. The fraction of sp³-hybridized carbons (Fsp3) is 0.360. The quantitative estimate of drug-likeness (QED) is 0.335. The molecule has 3 N–H and O–H groups in total. The highest BCUT2D eigenvalue weighted by Gasteiger charge is 2.48. The van der Waals surface area contributed by atoms with Crippen molar-refractivity contribution in [3.8, 4) is 5.75 Å². The highest BCUT2D eigenvalue weighted by molar-refractivity contribution is 7.91. The average Bonchev–Trinajstić information content (AvgIpc) is 2.82. The Morgan fingerprint density at radius 3 is 2.49 bits per heavy atom. The number of rotatable bonds is 6. The lowest BCUT2D eigenvalue weighted by atomic mass is 9.78. The molecule has 0 unspecified atom stereocenters. The summed E-state index contributed by atoms with van der Waals surface area (Å²) in [6.07, 6.45) is 7.33. The molecule has 37 heavy (non-hydrogen) atoms. The molecule has 0 amide bonds. The second-order valence-corrected chi connectivity index (χ2v) is 12.7. The van der Waals surface area contributed by atoms with Crippen LogP contribution in [-0.2, 0) is 9.84 Å². The maximum atomic E-state index is 12.1. The zero-order chi connectivity index (χ0) is 26.4. The molecule has 1 aromatic carbocycles. The molecule has 4 heterocycles. The summed E-state index contributed by atoms with van der Waals surface area (Å²) in [5.41, 5.74) is 8.15. The van der Waals surface area contributed by atoms with Crippen molar-refractivity contribution in [3.63, 3.8) is 0 Å². The summed E-state index contributed by atoms with van der Waals surface area (Å²) in [7, 11) is -2.97. The molecule has 5 rings (SSSR count). The Balaban J connectivity index is 1.29. The Kier molecular flexibility index (Phi) is 6.76. The second-order valence-electron chi connectivity index (χ2n) is 9.72. The Morgan fingerprint density at radius 1 is 1.16 bits per heavy atom. The summed E-state index contributed by atoms with van der Waals surface area (Å²) >= 11 is 12.5. The monoisotopic (exact) mass is 560 g/mol. The predicted octanol–water partition coefficient (Wildman–Crippen LogP) is 4.33. The molecule has 0 aliphatic carbocycles. The lowest BCUT2D eigenvalue weighted by molar-refractivity contribution is 0.214. The van der Waals surface area contributed by atoms with Gasteiger partial charge in [0.05, 0.1) is 27.3 Å². The number of nitrogen functional groups attached to an aromatic ring is 1. The van der Waals surface area contributed by atoms with Crippen LogP contribution < -0.4 is 15.4 Å². The lowest BCUT2D eigenvalue weighted by Gasteiger charge is -2.51. The molecule has 3 aromatic rings. The third-order valence-electron chi connectivity index (χ3n) is 6.85. The van der Waals surface area contributed by atoms with Gasteiger partial charge < -0.3 is 15.4 Å². The van der Waals surface area contributed by atoms with E-state index in [2.05, 4.69) is 15.0 Å². The van der Waals surface area contributed by atoms with E-state index in [4.69, 9.17) is 39.1 Å². The van der Waals surface area contributed by atoms with Crippen molar-refractivity contribution >= 4 is 50.4 Å². The van der Waals surface area contributed by atoms with E-state index in [-0.39, 0.29) is 22.6 Å². The van der Waals surface area contributed by atoms with Crippen molar-refractivity contribution in [2.45, 2.75) is 25.9 Å². The van der Waals surface area contributed by atoms with Gasteiger partial charge in [-0.3, -0.25) is 10.4 Å². The molecule has 12 heteroatoms. The third-order valence-corrected chi connectivity index (χ3v) is 9.42. The Bertz CT molecular complexity index is 1440. The largest absolute Gasteiger partial charge is 0.486 e. The smallest absolute Gasteiger partial charge is 0.225 e. The summed E-state index contributed by atoms with van der Waals surface area (Å²) in [6.45, 7) is 3.07. The fourth-order valence-electron chi connectivity index (χ4n) is 5.10. The number of benzene rings is 1. The number of nitrogens with two attached hydrogens (primary N) is 1. The van der Waals surface area contributed by atoms with Crippen LogP contribution in [0.3, 0.4) is 0 Å². The third kappa shape index (κ3) is 5.23. The van der Waals surface area contributed by atoms with Crippen LogP contribution >= 0.6 is 23.2 Å². The van der Waals surface area contributed by atoms with Crippen LogP contribution in [0.4, 0.5) is 11.6 Å². The van der Waals surface area contributed by atoms with E-state index >= 15 is 0 Å². The molecule has 9 nitrogen and oxygen atoms in total. The van der Waals surface area contributed by atoms with Gasteiger partial charge in [0.1, 0.15) is 11.9 Å². The van der Waals surface area contributed by atoms with Crippen molar-refractivity contribution in [2.24, 2.45) is 5.41 Å². The minimum atomic E-state index is -2.97. The first-order valence-corrected chi connectivity index (χ1v) is 14.4. The number of hydrogen-bond acceptors (Lipinski definition) is 9. The fourth-order valence-corrected chi connectivity index (χ4v) is 7.76. The number of nitrogens with one attached hydrogen (secondary N) is 1. The number of ether oxygens (including phenoxy) is 1. The van der Waals surface area contributed by atoms with E-state index < -0.39 is 15.9 Å². The summed E-state index contributed by atoms with van der Waals surface area (Å²) in [6, 6.07) is 5.08. The van der Waals surface area contributed by atoms with Crippen LogP contribution in [0.5, 0.6) is 5.75 Å². The Morgan fingerprint density at radius 2 is 1.84 bits per heavy atom. The first-order valence-electron chi connectivity index (χ1n) is 11.8. The van der Waals surface area contributed by atoms with Gasteiger partial charge in [0, 0.05) is 65.7 Å². The number of nitrogens with zero attached hydrogens (tertiary/aromatic N) is 4. The van der Waals surface area contributed by atoms with Crippen LogP contribution in [0.1, 0.15) is 42.6 Å². The van der Waals surface area contributed by atoms with Gasteiger partial charge in [-0.05, 0) is 38.0 Å². The molecule has 1 atom stereocenters. The molecular weight excluding hydrogens is 535 g/mol. The topological polar surface area (TPSA) is 135 Å². The van der Waals surface area contributed by atoms with Crippen LogP contribution in [-0.4, -0.2) is 53.7 Å². The SMILES string of the molecule is C[C@@H](Oc1ccc(N)c(C(=N)c2cnc(N3CC4(CCCS(=O)(=O)C4)C3)nc2)c1)c1c(Cl)cncc1Cl. The second kappa shape index (κ2) is 9.74. The van der Waals surface area contributed by atoms with Crippen LogP contribution in [0, 0.1) is 10.8 Å². The van der Waals surface area contributed by atoms with Gasteiger partial charge in [-0.1, -0.05) is 23.2 Å². The van der Waals surface area contributed by atoms with Gasteiger partial charge in [0.25, 0.3) is 0 Å². The van der Waals surface area contributed by atoms with Gasteiger partial charge >= 0.3 is 0 Å². The van der Waals surface area contributed by atoms with Gasteiger partial charge in [0.15, 0.2) is 9.84 Å². The van der Waals surface area contributed by atoms with Crippen molar-refractivity contribution in [1.82, 2.24) is 15.0 Å². The van der Waals surface area contributed by atoms with Gasteiger partial charge in [-0.2, -0.15) is 0 Å². The zero-order valence-corrected chi connectivity index (χ0v) is 22.4. The summed E-state index contributed by atoms with van der Waals surface area (Å²) in [5.74, 6) is 1.53. The molecule has 0 saturated carbocycles. The van der Waals surface area contributed by atoms with Gasteiger partial charge in [0.2, 0.25) is 5.95 Å². The number of sulfone groups is 1. The maximum absolute atomic E-state index is 12.1. The van der Waals surface area contributed by atoms with E-state index in [1.54, 1.807) is 30.6 Å². The molecule has 2 fully saturated rings. The molecule has 0 radical (unpaired) electrons. The number of anilines is 2. The molecule has 1 spiro atoms. The van der Waals surface area contributed by atoms with E-state index in [0.29, 0.717) is 63.6 Å². The van der Waals surface area contributed by atoms with E-state index in [1.807, 2.05) is 11.8 Å². The van der Waals surface area contributed by atoms with E-state index in [9.17, 15) is 8.42 Å².